The van der Waals surface area contributed by atoms with Gasteiger partial charge in [-0.1, -0.05) is 36.1 Å². The molecule has 1 aromatic carbocycles. The van der Waals surface area contributed by atoms with Gasteiger partial charge in [-0.05, 0) is 48.4 Å². The minimum absolute atomic E-state index is 0.0277. The first-order chi connectivity index (χ1) is 17.2. The van der Waals surface area contributed by atoms with E-state index in [1.807, 2.05) is 0 Å². The van der Waals surface area contributed by atoms with Crippen molar-refractivity contribution < 1.29 is 23.8 Å². The van der Waals surface area contributed by atoms with E-state index in [2.05, 4.69) is 0 Å². The Bertz CT molecular complexity index is 1500. The van der Waals surface area contributed by atoms with Crippen LogP contribution in [0.1, 0.15) is 32.8 Å². The molecule has 0 atom stereocenters. The minimum Gasteiger partial charge on any atom is -0.497 e. The molecule has 36 heavy (non-hydrogen) atoms. The number of rotatable bonds is 7. The number of hydrogen-bond acceptors (Lipinski definition) is 9. The van der Waals surface area contributed by atoms with Crippen molar-refractivity contribution in [3.05, 3.63) is 85.9 Å². The van der Waals surface area contributed by atoms with Gasteiger partial charge in [-0.2, -0.15) is 5.26 Å². The number of carbonyl (C=O) groups is 2. The van der Waals surface area contributed by atoms with Gasteiger partial charge in [0.1, 0.15) is 27.5 Å². The normalized spacial score (nSPS) is 14.4. The molecule has 0 spiro atoms. The molecule has 4 rings (SSSR count). The molecular formula is C25H19N3O6S2. The Morgan fingerprint density at radius 1 is 1.28 bits per heavy atom. The maximum Gasteiger partial charge on any atom is 0.271 e. The van der Waals surface area contributed by atoms with E-state index in [-0.39, 0.29) is 27.6 Å². The van der Waals surface area contributed by atoms with Crippen LogP contribution < -0.4 is 10.3 Å². The van der Waals surface area contributed by atoms with Crippen LogP contribution in [0.25, 0.3) is 6.08 Å². The van der Waals surface area contributed by atoms with Gasteiger partial charge in [0, 0.05) is 0 Å². The first kappa shape index (κ1) is 25.0. The summed E-state index contributed by atoms with van der Waals surface area (Å²) in [5, 5.41) is 20.4. The standard InChI is InChI=1S/C25H19N3O6S2/c1-14-18(11-26)22(30)27(12-17-4-3-9-34-17)24(32)21(14)19(29)13-28-23(31)20(36-25(28)35)10-15-5-7-16(33-2)8-6-15/h3-10,32H,12-13H2,1-2H3/b20-10-. The number of amides is 1. The van der Waals surface area contributed by atoms with Crippen LogP contribution in [0.3, 0.4) is 0 Å². The number of nitriles is 1. The smallest absolute Gasteiger partial charge is 0.271 e. The molecule has 9 nitrogen and oxygen atoms in total. The van der Waals surface area contributed by atoms with Gasteiger partial charge < -0.3 is 14.3 Å². The van der Waals surface area contributed by atoms with Crippen LogP contribution in [0, 0.1) is 18.3 Å². The molecule has 1 N–H and O–H groups in total. The van der Waals surface area contributed by atoms with Gasteiger partial charge in [-0.3, -0.25) is 23.9 Å². The van der Waals surface area contributed by atoms with Gasteiger partial charge in [-0.25, -0.2) is 0 Å². The molecule has 0 radical (unpaired) electrons. The molecular weight excluding hydrogens is 502 g/mol. The van der Waals surface area contributed by atoms with Gasteiger partial charge in [0.05, 0.1) is 36.9 Å². The van der Waals surface area contributed by atoms with E-state index >= 15 is 0 Å². The Labute approximate surface area is 215 Å². The minimum atomic E-state index is -0.756. The second-order valence-electron chi connectivity index (χ2n) is 7.75. The fourth-order valence-corrected chi connectivity index (χ4v) is 4.96. The number of ketones is 1. The van der Waals surface area contributed by atoms with Crippen molar-refractivity contribution in [2.45, 2.75) is 13.5 Å². The maximum atomic E-state index is 13.3. The van der Waals surface area contributed by atoms with Crippen molar-refractivity contribution in [3.8, 4) is 17.7 Å². The molecule has 1 saturated heterocycles. The second-order valence-corrected chi connectivity index (χ2v) is 9.42. The molecule has 3 heterocycles. The number of thiocarbonyl (C=S) groups is 1. The van der Waals surface area contributed by atoms with E-state index in [1.54, 1.807) is 55.7 Å². The van der Waals surface area contributed by atoms with Crippen molar-refractivity contribution >= 4 is 46.1 Å². The highest BCUT2D eigenvalue weighted by Gasteiger charge is 2.35. The third-order valence-corrected chi connectivity index (χ3v) is 6.94. The first-order valence-corrected chi connectivity index (χ1v) is 11.8. The Kier molecular flexibility index (Phi) is 7.10. The number of Topliss-reactive ketones (excluding diaryl/α,β-unsaturated/α-hetero) is 1. The van der Waals surface area contributed by atoms with Crippen molar-refractivity contribution in [3.63, 3.8) is 0 Å². The summed E-state index contributed by atoms with van der Waals surface area (Å²) in [4.78, 5) is 40.6. The zero-order valence-electron chi connectivity index (χ0n) is 19.2. The van der Waals surface area contributed by atoms with Crippen molar-refractivity contribution in [2.75, 3.05) is 13.7 Å². The highest BCUT2D eigenvalue weighted by atomic mass is 32.2. The zero-order valence-corrected chi connectivity index (χ0v) is 20.8. The summed E-state index contributed by atoms with van der Waals surface area (Å²) < 4.78 is 11.4. The first-order valence-electron chi connectivity index (χ1n) is 10.6. The lowest BCUT2D eigenvalue weighted by molar-refractivity contribution is -0.121. The van der Waals surface area contributed by atoms with E-state index in [9.17, 15) is 24.8 Å². The topological polar surface area (TPSA) is 126 Å². The molecule has 1 aliphatic rings. The largest absolute Gasteiger partial charge is 0.497 e. The predicted octanol–water partition coefficient (Wildman–Crippen LogP) is 3.47. The molecule has 0 bridgehead atoms. The summed E-state index contributed by atoms with van der Waals surface area (Å²) in [6, 6.07) is 12.1. The molecule has 1 amide bonds. The lowest BCUT2D eigenvalue weighted by Crippen LogP contribution is -2.35. The number of aromatic hydroxyl groups is 1. The number of benzene rings is 1. The number of carbonyl (C=O) groups excluding carboxylic acids is 2. The van der Waals surface area contributed by atoms with E-state index in [0.717, 1.165) is 26.8 Å². The fraction of sp³-hybridized carbons (Fsp3) is 0.160. The third-order valence-electron chi connectivity index (χ3n) is 5.56. The van der Waals surface area contributed by atoms with Crippen LogP contribution in [0.2, 0.25) is 0 Å². The van der Waals surface area contributed by atoms with Crippen molar-refractivity contribution in [1.82, 2.24) is 9.47 Å². The summed E-state index contributed by atoms with van der Waals surface area (Å²) in [5.74, 6) is -0.728. The summed E-state index contributed by atoms with van der Waals surface area (Å²) in [6.45, 7) is 0.749. The van der Waals surface area contributed by atoms with Gasteiger partial charge >= 0.3 is 0 Å². The number of thioether (sulfide) groups is 1. The van der Waals surface area contributed by atoms with Crippen LogP contribution in [0.5, 0.6) is 11.6 Å². The van der Waals surface area contributed by atoms with E-state index < -0.39 is 29.7 Å². The van der Waals surface area contributed by atoms with E-state index in [1.165, 1.54) is 13.2 Å². The SMILES string of the molecule is COc1ccc(/C=C2\SC(=S)N(CC(=O)c3c(C)c(C#N)c(=O)n(Cc4ccco4)c3O)C2=O)cc1. The summed E-state index contributed by atoms with van der Waals surface area (Å²) in [5.41, 5.74) is -0.494. The van der Waals surface area contributed by atoms with Crippen molar-refractivity contribution in [1.29, 1.82) is 5.26 Å². The molecule has 1 aliphatic heterocycles. The average Bonchev–Trinajstić information content (AvgIpc) is 3.46. The Balaban J connectivity index is 1.64. The molecule has 1 fully saturated rings. The van der Waals surface area contributed by atoms with Gasteiger partial charge in [-0.15, -0.1) is 0 Å². The Morgan fingerprint density at radius 2 is 2.00 bits per heavy atom. The van der Waals surface area contributed by atoms with Crippen LogP contribution in [0.4, 0.5) is 0 Å². The quantitative estimate of drug-likeness (QED) is 0.283. The van der Waals surface area contributed by atoms with E-state index in [4.69, 9.17) is 21.4 Å². The highest BCUT2D eigenvalue weighted by Crippen LogP contribution is 2.33. The number of aromatic nitrogens is 1. The molecule has 3 aromatic rings. The summed E-state index contributed by atoms with van der Waals surface area (Å²) >= 11 is 6.38. The number of hydrogen-bond donors (Lipinski definition) is 1. The predicted molar refractivity (Wildman–Crippen MR) is 137 cm³/mol. The molecule has 0 unspecified atom stereocenters. The van der Waals surface area contributed by atoms with Gasteiger partial charge in [0.15, 0.2) is 5.78 Å². The lowest BCUT2D eigenvalue weighted by Gasteiger charge is -2.18. The monoisotopic (exact) mass is 521 g/mol. The Morgan fingerprint density at radius 3 is 2.61 bits per heavy atom. The zero-order chi connectivity index (χ0) is 26.0. The van der Waals surface area contributed by atoms with Crippen LogP contribution >= 0.6 is 24.0 Å². The molecule has 182 valence electrons. The number of pyridine rings is 1. The molecule has 0 saturated carbocycles. The lowest BCUT2D eigenvalue weighted by atomic mass is 10.0. The Hall–Kier alpha value is -4.14. The van der Waals surface area contributed by atoms with Crippen LogP contribution in [-0.4, -0.2) is 44.2 Å². The van der Waals surface area contributed by atoms with Crippen LogP contribution in [-0.2, 0) is 11.3 Å². The van der Waals surface area contributed by atoms with Crippen molar-refractivity contribution in [2.24, 2.45) is 0 Å². The number of methoxy groups -OCH3 is 1. The fourth-order valence-electron chi connectivity index (χ4n) is 3.70. The second kappa shape index (κ2) is 10.2. The molecule has 11 heteroatoms. The van der Waals surface area contributed by atoms with E-state index in [0.29, 0.717) is 16.4 Å². The number of ether oxygens (including phenoxy) is 1. The van der Waals surface area contributed by atoms with Gasteiger partial charge in [0.2, 0.25) is 5.88 Å². The summed E-state index contributed by atoms with van der Waals surface area (Å²) in [7, 11) is 1.55. The molecule has 0 aliphatic carbocycles. The maximum absolute atomic E-state index is 13.3. The average molecular weight is 522 g/mol. The van der Waals surface area contributed by atoms with Crippen LogP contribution in [0.15, 0.2) is 56.8 Å². The number of nitrogens with zero attached hydrogens (tertiary/aromatic N) is 3. The third kappa shape index (κ3) is 4.68. The molecule has 2 aromatic heterocycles. The summed E-state index contributed by atoms with van der Waals surface area (Å²) in [6.07, 6.45) is 3.06. The highest BCUT2D eigenvalue weighted by molar-refractivity contribution is 8.26. The number of furan rings is 1. The van der Waals surface area contributed by atoms with Gasteiger partial charge in [0.25, 0.3) is 11.5 Å².